The Morgan fingerprint density at radius 3 is 2.78 bits per heavy atom. The minimum absolute atomic E-state index is 0.0229. The van der Waals surface area contributed by atoms with E-state index in [2.05, 4.69) is 15.5 Å². The van der Waals surface area contributed by atoms with Crippen molar-refractivity contribution in [2.45, 2.75) is 20.0 Å². The van der Waals surface area contributed by atoms with Gasteiger partial charge < -0.3 is 19.3 Å². The molecule has 32 heavy (non-hydrogen) atoms. The third-order valence-corrected chi connectivity index (χ3v) is 4.96. The molecule has 1 aliphatic heterocycles. The van der Waals surface area contributed by atoms with Crippen molar-refractivity contribution in [3.05, 3.63) is 74.8 Å². The van der Waals surface area contributed by atoms with Gasteiger partial charge in [-0.15, -0.1) is 0 Å². The van der Waals surface area contributed by atoms with Crippen LogP contribution >= 0.6 is 0 Å². The number of fused-ring (bicyclic) bond motifs is 2. The summed E-state index contributed by atoms with van der Waals surface area (Å²) in [6, 6.07) is 9.89. The van der Waals surface area contributed by atoms with Crippen LogP contribution in [0, 0.1) is 6.92 Å². The highest BCUT2D eigenvalue weighted by Crippen LogP contribution is 2.32. The van der Waals surface area contributed by atoms with Gasteiger partial charge in [0.05, 0.1) is 12.1 Å². The quantitative estimate of drug-likeness (QED) is 0.496. The molecular weight excluding hydrogens is 418 g/mol. The van der Waals surface area contributed by atoms with Crippen LogP contribution in [0.4, 0.5) is 5.82 Å². The van der Waals surface area contributed by atoms with Crippen LogP contribution in [0.5, 0.6) is 11.5 Å². The van der Waals surface area contributed by atoms with E-state index in [0.29, 0.717) is 22.8 Å². The second-order valence-electron chi connectivity index (χ2n) is 7.19. The summed E-state index contributed by atoms with van der Waals surface area (Å²) in [7, 11) is 0. The molecule has 4 aromatic rings. The molecule has 0 saturated carbocycles. The number of carbonyl (C=O) groups excluding carboxylic acids is 1. The fourth-order valence-corrected chi connectivity index (χ4v) is 3.51. The first-order valence-electron chi connectivity index (χ1n) is 9.69. The van der Waals surface area contributed by atoms with Crippen molar-refractivity contribution in [2.24, 2.45) is 0 Å². The Morgan fingerprint density at radius 1 is 1.12 bits per heavy atom. The van der Waals surface area contributed by atoms with Crippen molar-refractivity contribution in [2.75, 3.05) is 12.1 Å². The zero-order valence-corrected chi connectivity index (χ0v) is 16.9. The molecule has 0 saturated heterocycles. The normalized spacial score (nSPS) is 12.3. The number of hydrogen-bond acceptors (Lipinski definition) is 8. The summed E-state index contributed by atoms with van der Waals surface area (Å²) in [6.45, 7) is 1.45. The molecule has 3 aromatic heterocycles. The molecule has 1 N–H and O–H groups in total. The molecule has 11 heteroatoms. The van der Waals surface area contributed by atoms with E-state index < -0.39 is 17.2 Å². The lowest BCUT2D eigenvalue weighted by atomic mass is 10.2. The van der Waals surface area contributed by atoms with E-state index in [1.165, 1.54) is 10.8 Å². The summed E-state index contributed by atoms with van der Waals surface area (Å²) in [5, 5.41) is 6.29. The van der Waals surface area contributed by atoms with Gasteiger partial charge in [0.15, 0.2) is 22.8 Å². The summed E-state index contributed by atoms with van der Waals surface area (Å²) in [5.41, 5.74) is -0.182. The third kappa shape index (κ3) is 3.49. The van der Waals surface area contributed by atoms with E-state index in [1.807, 2.05) is 0 Å². The molecule has 1 amide bonds. The second kappa shape index (κ2) is 7.69. The number of pyridine rings is 1. The molecular formula is C21H17N5O6. The van der Waals surface area contributed by atoms with Gasteiger partial charge in [-0.05, 0) is 36.8 Å². The summed E-state index contributed by atoms with van der Waals surface area (Å²) in [5.74, 6) is 1.40. The van der Waals surface area contributed by atoms with Gasteiger partial charge in [0, 0.05) is 12.3 Å². The predicted molar refractivity (Wildman–Crippen MR) is 112 cm³/mol. The first-order valence-corrected chi connectivity index (χ1v) is 9.69. The van der Waals surface area contributed by atoms with Crippen LogP contribution < -0.4 is 26.0 Å². The number of amides is 1. The van der Waals surface area contributed by atoms with Crippen LogP contribution in [0.1, 0.15) is 11.3 Å². The second-order valence-corrected chi connectivity index (χ2v) is 7.19. The van der Waals surface area contributed by atoms with Gasteiger partial charge in [-0.2, -0.15) is 0 Å². The lowest BCUT2D eigenvalue weighted by Gasteiger charge is -2.13. The Bertz CT molecular complexity index is 1470. The molecule has 11 nitrogen and oxygen atoms in total. The van der Waals surface area contributed by atoms with Crippen LogP contribution in [0.3, 0.4) is 0 Å². The number of aryl methyl sites for hydroxylation is 1. The zero-order chi connectivity index (χ0) is 22.2. The number of carbonyl (C=O) groups is 1. The molecule has 0 atom stereocenters. The zero-order valence-electron chi connectivity index (χ0n) is 16.9. The third-order valence-electron chi connectivity index (χ3n) is 4.96. The molecule has 1 aromatic carbocycles. The maximum Gasteiger partial charge on any atom is 0.332 e. The van der Waals surface area contributed by atoms with Crippen LogP contribution in [-0.4, -0.2) is 32.0 Å². The number of ether oxygens (including phenoxy) is 2. The molecule has 1 aliphatic rings. The van der Waals surface area contributed by atoms with Gasteiger partial charge in [-0.25, -0.2) is 9.78 Å². The lowest BCUT2D eigenvalue weighted by molar-refractivity contribution is -0.116. The van der Waals surface area contributed by atoms with Crippen molar-refractivity contribution in [3.8, 4) is 11.5 Å². The van der Waals surface area contributed by atoms with Crippen molar-refractivity contribution in [3.63, 3.8) is 0 Å². The molecule has 4 heterocycles. The Balaban J connectivity index is 1.54. The van der Waals surface area contributed by atoms with E-state index in [1.54, 1.807) is 43.3 Å². The Morgan fingerprint density at radius 2 is 1.97 bits per heavy atom. The topological polar surface area (TPSA) is 130 Å². The summed E-state index contributed by atoms with van der Waals surface area (Å²) < 4.78 is 17.9. The number of nitrogens with zero attached hydrogens (tertiary/aromatic N) is 4. The van der Waals surface area contributed by atoms with E-state index in [-0.39, 0.29) is 36.7 Å². The smallest absolute Gasteiger partial charge is 0.332 e. The number of hydrogen-bond donors (Lipinski definition) is 1. The van der Waals surface area contributed by atoms with Crippen LogP contribution in [-0.2, 0) is 17.9 Å². The summed E-state index contributed by atoms with van der Waals surface area (Å²) in [6.07, 6.45) is 1.46. The summed E-state index contributed by atoms with van der Waals surface area (Å²) in [4.78, 5) is 43.0. The number of nitrogens with one attached hydrogen (secondary N) is 1. The van der Waals surface area contributed by atoms with Crippen molar-refractivity contribution >= 4 is 22.8 Å². The van der Waals surface area contributed by atoms with Gasteiger partial charge in [0.25, 0.3) is 5.56 Å². The number of anilines is 1. The Labute approximate surface area is 179 Å². The van der Waals surface area contributed by atoms with Gasteiger partial charge in [0.2, 0.25) is 12.7 Å². The van der Waals surface area contributed by atoms with Crippen molar-refractivity contribution < 1.29 is 18.8 Å². The standard InChI is InChI=1S/C21H17N5O6/c1-12-7-17(24-32-12)23-18(27)10-25-14-3-2-6-22-19(14)20(28)26(21(25)29)9-13-4-5-15-16(8-13)31-11-30-15/h2-8H,9-11H2,1H3,(H,23,24,27). The highest BCUT2D eigenvalue weighted by molar-refractivity contribution is 5.90. The summed E-state index contributed by atoms with van der Waals surface area (Å²) >= 11 is 0. The molecule has 0 aliphatic carbocycles. The number of rotatable bonds is 5. The fraction of sp³-hybridized carbons (Fsp3) is 0.190. The van der Waals surface area contributed by atoms with Crippen molar-refractivity contribution in [1.29, 1.82) is 0 Å². The van der Waals surface area contributed by atoms with E-state index in [0.717, 1.165) is 4.57 Å². The molecule has 5 rings (SSSR count). The highest BCUT2D eigenvalue weighted by Gasteiger charge is 2.19. The van der Waals surface area contributed by atoms with Crippen molar-refractivity contribution in [1.82, 2.24) is 19.3 Å². The van der Waals surface area contributed by atoms with Gasteiger partial charge in [0.1, 0.15) is 12.3 Å². The van der Waals surface area contributed by atoms with Crippen LogP contribution in [0.15, 0.2) is 56.7 Å². The van der Waals surface area contributed by atoms with Crippen LogP contribution in [0.2, 0.25) is 0 Å². The van der Waals surface area contributed by atoms with Gasteiger partial charge >= 0.3 is 5.69 Å². The average Bonchev–Trinajstić information content (AvgIpc) is 3.42. The highest BCUT2D eigenvalue weighted by atomic mass is 16.7. The molecule has 0 bridgehead atoms. The maximum atomic E-state index is 13.3. The number of aromatic nitrogens is 4. The number of benzene rings is 1. The van der Waals surface area contributed by atoms with Gasteiger partial charge in [-0.3, -0.25) is 18.7 Å². The molecule has 0 unspecified atom stereocenters. The largest absolute Gasteiger partial charge is 0.454 e. The Kier molecular flexibility index (Phi) is 4.70. The Hall–Kier alpha value is -4.41. The predicted octanol–water partition coefficient (Wildman–Crippen LogP) is 1.27. The minimum atomic E-state index is -0.639. The van der Waals surface area contributed by atoms with Gasteiger partial charge in [-0.1, -0.05) is 11.2 Å². The monoisotopic (exact) mass is 435 g/mol. The lowest BCUT2D eigenvalue weighted by Crippen LogP contribution is -2.42. The van der Waals surface area contributed by atoms with E-state index in [9.17, 15) is 14.4 Å². The van der Waals surface area contributed by atoms with E-state index >= 15 is 0 Å². The average molecular weight is 435 g/mol. The molecule has 0 fully saturated rings. The fourth-order valence-electron chi connectivity index (χ4n) is 3.51. The van der Waals surface area contributed by atoms with Crippen LogP contribution in [0.25, 0.3) is 11.0 Å². The molecule has 0 spiro atoms. The SMILES string of the molecule is Cc1cc(NC(=O)Cn2c(=O)n(Cc3ccc4c(c3)OCO4)c(=O)c3ncccc32)no1. The first kappa shape index (κ1) is 19.5. The minimum Gasteiger partial charge on any atom is -0.454 e. The van der Waals surface area contributed by atoms with E-state index in [4.69, 9.17) is 14.0 Å². The molecule has 162 valence electrons. The first-order chi connectivity index (χ1) is 15.5. The maximum absolute atomic E-state index is 13.3. The molecule has 0 radical (unpaired) electrons.